The monoisotopic (exact) mass is 576 g/mol. The Bertz CT molecular complexity index is 1390. The summed E-state index contributed by atoms with van der Waals surface area (Å²) in [4.78, 5) is 38.8. The number of fused-ring (bicyclic) bond motifs is 1. The van der Waals surface area contributed by atoms with Crippen molar-refractivity contribution in [2.75, 3.05) is 38.7 Å². The molecule has 0 saturated carbocycles. The minimum atomic E-state index is -2.88. The number of likely N-dealkylation sites (N-methyl/N-ethyl adjacent to an activating group) is 1. The number of nitrogens with zero attached hydrogens (tertiary/aromatic N) is 2. The predicted octanol–water partition coefficient (Wildman–Crippen LogP) is -2.05. The van der Waals surface area contributed by atoms with Gasteiger partial charge in [-0.1, -0.05) is 24.3 Å². The van der Waals surface area contributed by atoms with Crippen molar-refractivity contribution in [3.63, 3.8) is 0 Å². The Balaban J connectivity index is 1.75. The molecule has 6 radical (unpaired) electrons. The number of ether oxygens (including phenoxy) is 1. The Labute approximate surface area is 245 Å². The van der Waals surface area contributed by atoms with Gasteiger partial charge in [0.05, 0.1) is 18.8 Å². The molecule has 2 aliphatic rings. The maximum absolute atomic E-state index is 15.9. The average molecular weight is 576 g/mol. The maximum Gasteiger partial charge on any atom is 0.273 e. The fraction of sp³-hybridized carbons (Fsp3) is 0.423. The van der Waals surface area contributed by atoms with E-state index in [2.05, 4.69) is 10.6 Å². The zero-order valence-electron chi connectivity index (χ0n) is 22.7. The third-order valence-corrected chi connectivity index (χ3v) is 7.40. The zero-order chi connectivity index (χ0) is 31.1. The number of aldehydes is 1. The van der Waals surface area contributed by atoms with E-state index in [4.69, 9.17) is 28.3 Å². The van der Waals surface area contributed by atoms with E-state index >= 15 is 4.39 Å². The SMILES string of the molecule is [B]C(O)(Nc1cccc2c1C([B])(O)N(C(O)(CCC=O)C(=O)NC)C2=O)c1cccc(C([B])(O)N2CCOCC2)c1F. The standard InChI is InChI=1S/C26H28B3FN4O8/c1-31-22(37)23(38,9-4-12-35)34-21(36)15-5-2-8-18(19(15)26(34,29)41)32-24(27,39)16-6-3-7-17(20(16)30)25(28,40)33-10-13-42-14-11-33/h2-3,5-8,12,32,38-41H,4,9-11,13-14H2,1H3,(H,31,37). The number of amides is 2. The first-order valence-corrected chi connectivity index (χ1v) is 12.9. The molecule has 2 aliphatic heterocycles. The van der Waals surface area contributed by atoms with E-state index in [0.717, 1.165) is 6.07 Å². The minimum Gasteiger partial charge on any atom is -0.381 e. The number of carbonyl (C=O) groups excluding carboxylic acids is 3. The first kappa shape index (κ1) is 31.7. The van der Waals surface area contributed by atoms with E-state index in [1.54, 1.807) is 0 Å². The highest BCUT2D eigenvalue weighted by molar-refractivity contribution is 6.22. The van der Waals surface area contributed by atoms with E-state index in [9.17, 15) is 34.8 Å². The fourth-order valence-electron chi connectivity index (χ4n) is 5.31. The Kier molecular flexibility index (Phi) is 8.62. The van der Waals surface area contributed by atoms with Crippen LogP contribution in [0.3, 0.4) is 0 Å². The van der Waals surface area contributed by atoms with Crippen LogP contribution in [0, 0.1) is 5.82 Å². The topological polar surface area (TPSA) is 172 Å². The number of anilines is 1. The molecule has 42 heavy (non-hydrogen) atoms. The van der Waals surface area contributed by atoms with Gasteiger partial charge in [-0.25, -0.2) is 4.39 Å². The molecule has 2 heterocycles. The molecule has 1 saturated heterocycles. The predicted molar refractivity (Wildman–Crippen MR) is 148 cm³/mol. The molecule has 2 aromatic rings. The lowest BCUT2D eigenvalue weighted by atomic mass is 9.76. The minimum absolute atomic E-state index is 0.201. The lowest BCUT2D eigenvalue weighted by Crippen LogP contribution is -2.65. The molecule has 0 bridgehead atoms. The fourth-order valence-corrected chi connectivity index (χ4v) is 5.31. The largest absolute Gasteiger partial charge is 0.381 e. The summed E-state index contributed by atoms with van der Waals surface area (Å²) < 4.78 is 21.1. The van der Waals surface area contributed by atoms with Crippen LogP contribution >= 0.6 is 0 Å². The molecular formula is C26H28B3FN4O8. The van der Waals surface area contributed by atoms with Crippen LogP contribution < -0.4 is 10.6 Å². The normalized spacial score (nSPS) is 23.3. The van der Waals surface area contributed by atoms with E-state index in [-0.39, 0.29) is 44.0 Å². The van der Waals surface area contributed by atoms with Crippen molar-refractivity contribution in [1.29, 1.82) is 0 Å². The Morgan fingerprint density at radius 3 is 2.38 bits per heavy atom. The highest BCUT2D eigenvalue weighted by Crippen LogP contribution is 2.45. The molecule has 6 N–H and O–H groups in total. The van der Waals surface area contributed by atoms with E-state index in [1.807, 2.05) is 0 Å². The van der Waals surface area contributed by atoms with Gasteiger partial charge in [-0.2, -0.15) is 0 Å². The van der Waals surface area contributed by atoms with E-state index in [0.29, 0.717) is 11.2 Å². The molecule has 12 nitrogen and oxygen atoms in total. The van der Waals surface area contributed by atoms with Gasteiger partial charge in [0.15, 0.2) is 15.7 Å². The molecule has 0 spiro atoms. The molecule has 4 rings (SSSR count). The number of halogens is 1. The van der Waals surface area contributed by atoms with Crippen LogP contribution in [-0.4, -0.2) is 111 Å². The van der Waals surface area contributed by atoms with Gasteiger partial charge in [0.2, 0.25) is 5.72 Å². The van der Waals surface area contributed by atoms with Crippen LogP contribution in [-0.2, 0) is 31.2 Å². The van der Waals surface area contributed by atoms with Gasteiger partial charge < -0.3 is 40.6 Å². The van der Waals surface area contributed by atoms with E-state index < -0.39 is 63.3 Å². The summed E-state index contributed by atoms with van der Waals surface area (Å²) in [6, 6.07) is 7.46. The summed E-state index contributed by atoms with van der Waals surface area (Å²) in [7, 11) is 19.5. The summed E-state index contributed by atoms with van der Waals surface area (Å²) in [5.74, 6) is -3.36. The summed E-state index contributed by atoms with van der Waals surface area (Å²) in [6.45, 7) is 0.911. The van der Waals surface area contributed by atoms with Crippen LogP contribution in [0.5, 0.6) is 0 Å². The van der Waals surface area contributed by atoms with Gasteiger partial charge >= 0.3 is 0 Å². The van der Waals surface area contributed by atoms with Crippen molar-refractivity contribution >= 4 is 47.3 Å². The Morgan fingerprint density at radius 1 is 1.14 bits per heavy atom. The zero-order valence-corrected chi connectivity index (χ0v) is 22.7. The summed E-state index contributed by atoms with van der Waals surface area (Å²) in [6.07, 6.45) is -0.577. The number of aliphatic hydroxyl groups is 4. The highest BCUT2D eigenvalue weighted by atomic mass is 19.1. The van der Waals surface area contributed by atoms with Crippen molar-refractivity contribution in [3.8, 4) is 0 Å². The molecule has 216 valence electrons. The van der Waals surface area contributed by atoms with Gasteiger partial charge in [0.25, 0.3) is 11.8 Å². The highest BCUT2D eigenvalue weighted by Gasteiger charge is 2.58. The van der Waals surface area contributed by atoms with Gasteiger partial charge in [0, 0.05) is 60.9 Å². The van der Waals surface area contributed by atoms with Crippen LogP contribution in [0.2, 0.25) is 0 Å². The maximum atomic E-state index is 15.9. The lowest BCUT2D eigenvalue weighted by molar-refractivity contribution is -0.186. The third-order valence-electron chi connectivity index (χ3n) is 7.40. The number of rotatable bonds is 10. The van der Waals surface area contributed by atoms with Gasteiger partial charge in [0.1, 0.15) is 31.2 Å². The molecule has 0 aliphatic carbocycles. The third kappa shape index (κ3) is 5.23. The average Bonchev–Trinajstić information content (AvgIpc) is 3.16. The van der Waals surface area contributed by atoms with Crippen molar-refractivity contribution in [2.45, 2.75) is 35.4 Å². The number of morpholine rings is 1. The van der Waals surface area contributed by atoms with Crippen LogP contribution in [0.4, 0.5) is 10.1 Å². The van der Waals surface area contributed by atoms with Gasteiger partial charge in [-0.05, 0) is 12.1 Å². The van der Waals surface area contributed by atoms with Crippen molar-refractivity contribution in [1.82, 2.24) is 15.1 Å². The number of carbonyl (C=O) groups is 3. The molecule has 0 aromatic heterocycles. The second kappa shape index (κ2) is 11.4. The first-order valence-electron chi connectivity index (χ1n) is 12.9. The van der Waals surface area contributed by atoms with Crippen molar-refractivity contribution < 1.29 is 43.9 Å². The molecular weight excluding hydrogens is 548 g/mol. The van der Waals surface area contributed by atoms with Gasteiger partial charge in [-0.15, -0.1) is 0 Å². The molecule has 2 aromatic carbocycles. The van der Waals surface area contributed by atoms with Crippen molar-refractivity contribution in [2.24, 2.45) is 0 Å². The second-order valence-corrected chi connectivity index (χ2v) is 10.1. The summed E-state index contributed by atoms with van der Waals surface area (Å²) in [5, 5.41) is 49.5. The molecule has 1 fully saturated rings. The number of benzene rings is 2. The van der Waals surface area contributed by atoms with E-state index in [1.165, 1.54) is 42.3 Å². The van der Waals surface area contributed by atoms with Gasteiger partial charge in [-0.3, -0.25) is 19.4 Å². The number of nitrogens with one attached hydrogen (secondary N) is 2. The molecule has 4 atom stereocenters. The Morgan fingerprint density at radius 2 is 1.76 bits per heavy atom. The smallest absolute Gasteiger partial charge is 0.273 e. The first-order chi connectivity index (χ1) is 19.6. The molecule has 2 amide bonds. The second-order valence-electron chi connectivity index (χ2n) is 10.1. The van der Waals surface area contributed by atoms with Crippen molar-refractivity contribution in [3.05, 3.63) is 64.5 Å². The van der Waals surface area contributed by atoms with Crippen LogP contribution in [0.25, 0.3) is 0 Å². The summed E-state index contributed by atoms with van der Waals surface area (Å²) >= 11 is 0. The van der Waals surface area contributed by atoms with Crippen LogP contribution in [0.15, 0.2) is 36.4 Å². The van der Waals surface area contributed by atoms with Crippen LogP contribution in [0.1, 0.15) is 39.9 Å². The Hall–Kier alpha value is -3.27. The number of hydrogen-bond acceptors (Lipinski definition) is 10. The molecule has 16 heteroatoms. The lowest BCUT2D eigenvalue weighted by Gasteiger charge is -2.43. The molecule has 4 unspecified atom stereocenters. The number of hydrogen-bond donors (Lipinski definition) is 6. The quantitative estimate of drug-likeness (QED) is 0.105. The summed E-state index contributed by atoms with van der Waals surface area (Å²) in [5.41, 5.74) is -12.6.